The molecular weight excluding hydrogens is 294 g/mol. The third kappa shape index (κ3) is 5.81. The molecule has 2 N–H and O–H groups in total. The van der Waals surface area contributed by atoms with E-state index in [1.54, 1.807) is 24.3 Å². The van der Waals surface area contributed by atoms with Crippen LogP contribution in [0.4, 0.5) is 0 Å². The minimum absolute atomic E-state index is 0.268. The highest BCUT2D eigenvalue weighted by atomic mass is 32.2. The maximum Gasteiger partial charge on any atom is 0.323 e. The fraction of sp³-hybridized carbons (Fsp3) is 0.722. The van der Waals surface area contributed by atoms with Crippen molar-refractivity contribution in [2.45, 2.75) is 65.2 Å². The Bertz CT molecular complexity index is 440. The molecule has 0 bridgehead atoms. The lowest BCUT2D eigenvalue weighted by atomic mass is 9.74. The number of carbonyl (C=O) groups excluding carboxylic acids is 1. The molecule has 4 heteroatoms. The lowest BCUT2D eigenvalue weighted by molar-refractivity contribution is -0.144. The van der Waals surface area contributed by atoms with Crippen molar-refractivity contribution in [3.8, 4) is 0 Å². The number of carbonyl (C=O) groups is 1. The molecule has 3 nitrogen and oxygen atoms in total. The lowest BCUT2D eigenvalue weighted by Crippen LogP contribution is -2.35. The predicted molar refractivity (Wildman–Crippen MR) is 96.0 cm³/mol. The van der Waals surface area contributed by atoms with Gasteiger partial charge < -0.3 is 10.5 Å². The Morgan fingerprint density at radius 3 is 2.77 bits per heavy atom. The van der Waals surface area contributed by atoms with Crippen LogP contribution in [-0.2, 0) is 9.53 Å². The molecule has 0 aromatic heterocycles. The molecule has 126 valence electrons. The molecule has 0 aromatic rings. The molecule has 0 aliphatic heterocycles. The lowest BCUT2D eigenvalue weighted by Gasteiger charge is -2.32. The van der Waals surface area contributed by atoms with Gasteiger partial charge >= 0.3 is 5.97 Å². The summed E-state index contributed by atoms with van der Waals surface area (Å²) in [6.45, 7) is 11.3. The topological polar surface area (TPSA) is 52.3 Å². The monoisotopic (exact) mass is 325 g/mol. The summed E-state index contributed by atoms with van der Waals surface area (Å²) in [6.07, 6.45) is 7.87. The second-order valence-corrected chi connectivity index (χ2v) is 8.16. The van der Waals surface area contributed by atoms with E-state index in [-0.39, 0.29) is 11.4 Å². The SMILES string of the molecule is CCOC(=O)C(N)CSC(C)CCC1=C(C)C=CCC1(C)C. The number of hydrogen-bond acceptors (Lipinski definition) is 4. The summed E-state index contributed by atoms with van der Waals surface area (Å²) in [5.74, 6) is 0.334. The van der Waals surface area contributed by atoms with Crippen LogP contribution >= 0.6 is 11.8 Å². The smallest absolute Gasteiger partial charge is 0.323 e. The molecule has 2 unspecified atom stereocenters. The van der Waals surface area contributed by atoms with Gasteiger partial charge in [0.1, 0.15) is 6.04 Å². The summed E-state index contributed by atoms with van der Waals surface area (Å²) < 4.78 is 4.94. The Hall–Kier alpha value is -0.740. The maximum atomic E-state index is 11.5. The van der Waals surface area contributed by atoms with Gasteiger partial charge in [0.25, 0.3) is 0 Å². The summed E-state index contributed by atoms with van der Waals surface area (Å²) in [5.41, 5.74) is 9.09. The van der Waals surface area contributed by atoms with Crippen LogP contribution in [0, 0.1) is 5.41 Å². The van der Waals surface area contributed by atoms with Crippen LogP contribution in [0.2, 0.25) is 0 Å². The summed E-state index contributed by atoms with van der Waals surface area (Å²) in [4.78, 5) is 11.5. The van der Waals surface area contributed by atoms with Gasteiger partial charge in [0.15, 0.2) is 0 Å². The molecule has 1 rings (SSSR count). The van der Waals surface area contributed by atoms with Gasteiger partial charge in [0.2, 0.25) is 0 Å². The number of nitrogens with two attached hydrogens (primary N) is 1. The van der Waals surface area contributed by atoms with E-state index in [1.807, 2.05) is 0 Å². The van der Waals surface area contributed by atoms with Crippen LogP contribution in [0.3, 0.4) is 0 Å². The van der Waals surface area contributed by atoms with Gasteiger partial charge in [-0.2, -0.15) is 11.8 Å². The van der Waals surface area contributed by atoms with Gasteiger partial charge in [-0.25, -0.2) is 0 Å². The second-order valence-electron chi connectivity index (χ2n) is 6.69. The predicted octanol–water partition coefficient (Wildman–Crippen LogP) is 4.08. The highest BCUT2D eigenvalue weighted by Crippen LogP contribution is 2.40. The molecule has 0 fully saturated rings. The van der Waals surface area contributed by atoms with Crippen molar-refractivity contribution in [1.82, 2.24) is 0 Å². The van der Waals surface area contributed by atoms with E-state index >= 15 is 0 Å². The van der Waals surface area contributed by atoms with E-state index in [0.29, 0.717) is 17.6 Å². The average Bonchev–Trinajstić information content (AvgIpc) is 2.43. The number of esters is 1. The summed E-state index contributed by atoms with van der Waals surface area (Å²) in [6, 6.07) is -0.512. The van der Waals surface area contributed by atoms with E-state index in [4.69, 9.17) is 10.5 Å². The molecule has 0 saturated heterocycles. The highest BCUT2D eigenvalue weighted by molar-refractivity contribution is 7.99. The largest absolute Gasteiger partial charge is 0.465 e. The van der Waals surface area contributed by atoms with Crippen LogP contribution in [0.5, 0.6) is 0 Å². The Labute approximate surface area is 139 Å². The molecule has 0 radical (unpaired) electrons. The zero-order chi connectivity index (χ0) is 16.8. The highest BCUT2D eigenvalue weighted by Gasteiger charge is 2.26. The number of hydrogen-bond donors (Lipinski definition) is 1. The number of ether oxygens (including phenoxy) is 1. The van der Waals surface area contributed by atoms with Gasteiger partial charge in [0, 0.05) is 11.0 Å². The van der Waals surface area contributed by atoms with Gasteiger partial charge in [-0.15, -0.1) is 0 Å². The first-order valence-corrected chi connectivity index (χ1v) is 9.23. The van der Waals surface area contributed by atoms with Crippen molar-refractivity contribution >= 4 is 17.7 Å². The molecule has 0 amide bonds. The average molecular weight is 326 g/mol. The van der Waals surface area contributed by atoms with Crippen LogP contribution < -0.4 is 5.73 Å². The van der Waals surface area contributed by atoms with Crippen LogP contribution in [0.15, 0.2) is 23.3 Å². The zero-order valence-corrected chi connectivity index (χ0v) is 15.5. The van der Waals surface area contributed by atoms with E-state index in [9.17, 15) is 4.79 Å². The van der Waals surface area contributed by atoms with Crippen molar-refractivity contribution < 1.29 is 9.53 Å². The van der Waals surface area contributed by atoms with Gasteiger partial charge in [-0.1, -0.05) is 44.1 Å². The molecular formula is C18H31NO2S. The molecule has 0 spiro atoms. The molecule has 0 heterocycles. The summed E-state index contributed by atoms with van der Waals surface area (Å²) in [7, 11) is 0. The molecule has 1 aliphatic rings. The van der Waals surface area contributed by atoms with Crippen molar-refractivity contribution in [1.29, 1.82) is 0 Å². The van der Waals surface area contributed by atoms with E-state index < -0.39 is 6.04 Å². The standard InChI is InChI=1S/C18H31NO2S/c1-6-21-17(20)16(19)12-22-14(3)9-10-15-13(2)8-7-11-18(15,4)5/h7-8,14,16H,6,9-12,19H2,1-5H3. The first kappa shape index (κ1) is 19.3. The van der Waals surface area contributed by atoms with E-state index in [1.165, 1.54) is 5.57 Å². The van der Waals surface area contributed by atoms with Crippen molar-refractivity contribution in [3.63, 3.8) is 0 Å². The van der Waals surface area contributed by atoms with Crippen LogP contribution in [0.1, 0.15) is 53.9 Å². The van der Waals surface area contributed by atoms with E-state index in [2.05, 4.69) is 39.8 Å². The first-order chi connectivity index (χ1) is 10.3. The van der Waals surface area contributed by atoms with Gasteiger partial charge in [-0.05, 0) is 38.5 Å². The first-order valence-electron chi connectivity index (χ1n) is 8.18. The second kappa shape index (κ2) is 8.78. The molecule has 0 saturated carbocycles. The minimum atomic E-state index is -0.512. The third-order valence-electron chi connectivity index (χ3n) is 4.24. The Balaban J connectivity index is 2.41. The fourth-order valence-electron chi connectivity index (χ4n) is 2.84. The molecule has 2 atom stereocenters. The summed E-state index contributed by atoms with van der Waals surface area (Å²) in [5, 5.41) is 0.488. The molecule has 1 aliphatic carbocycles. The quantitative estimate of drug-likeness (QED) is 0.683. The van der Waals surface area contributed by atoms with E-state index in [0.717, 1.165) is 19.3 Å². The van der Waals surface area contributed by atoms with Crippen LogP contribution in [0.25, 0.3) is 0 Å². The maximum absolute atomic E-state index is 11.5. The number of allylic oxidation sites excluding steroid dienone is 4. The number of thioether (sulfide) groups is 1. The van der Waals surface area contributed by atoms with Crippen LogP contribution in [-0.4, -0.2) is 29.6 Å². The van der Waals surface area contributed by atoms with Gasteiger partial charge in [0.05, 0.1) is 6.61 Å². The summed E-state index contributed by atoms with van der Waals surface area (Å²) >= 11 is 1.76. The number of rotatable bonds is 8. The zero-order valence-electron chi connectivity index (χ0n) is 14.6. The van der Waals surface area contributed by atoms with Gasteiger partial charge in [-0.3, -0.25) is 4.79 Å². The molecule has 22 heavy (non-hydrogen) atoms. The third-order valence-corrected chi connectivity index (χ3v) is 5.60. The Kier molecular flexibility index (Phi) is 7.70. The normalized spacial score (nSPS) is 19.9. The fourth-order valence-corrected chi connectivity index (χ4v) is 3.80. The van der Waals surface area contributed by atoms with Crippen molar-refractivity contribution in [2.24, 2.45) is 11.1 Å². The Morgan fingerprint density at radius 2 is 2.18 bits per heavy atom. The molecule has 0 aromatic carbocycles. The minimum Gasteiger partial charge on any atom is -0.465 e. The van der Waals surface area contributed by atoms with Crippen molar-refractivity contribution in [2.75, 3.05) is 12.4 Å². The van der Waals surface area contributed by atoms with Crippen molar-refractivity contribution in [3.05, 3.63) is 23.3 Å². The Morgan fingerprint density at radius 1 is 1.50 bits per heavy atom.